The molecule has 0 heterocycles. The third-order valence-corrected chi connectivity index (χ3v) is 3.05. The Morgan fingerprint density at radius 1 is 1.35 bits per heavy atom. The Morgan fingerprint density at radius 3 is 2.45 bits per heavy atom. The van der Waals surface area contributed by atoms with Gasteiger partial charge in [0, 0.05) is 0 Å². The number of rotatable bonds is 7. The van der Waals surface area contributed by atoms with Crippen LogP contribution in [0, 0.1) is 0 Å². The zero-order chi connectivity index (χ0) is 15.2. The molecule has 1 rings (SSSR count). The van der Waals surface area contributed by atoms with Crippen LogP contribution < -0.4 is 10.1 Å². The largest absolute Gasteiger partial charge is 0.481 e. The summed E-state index contributed by atoms with van der Waals surface area (Å²) < 4.78 is 5.47. The van der Waals surface area contributed by atoms with Crippen LogP contribution in [0.25, 0.3) is 0 Å². The van der Waals surface area contributed by atoms with Crippen LogP contribution >= 0.6 is 0 Å². The summed E-state index contributed by atoms with van der Waals surface area (Å²) in [4.78, 5) is 23.3. The molecule has 20 heavy (non-hydrogen) atoms. The van der Waals surface area contributed by atoms with E-state index in [-0.39, 0.29) is 0 Å². The minimum absolute atomic E-state index is 0.367. The van der Waals surface area contributed by atoms with E-state index in [1.165, 1.54) is 6.92 Å². The molecule has 1 amide bonds. The van der Waals surface area contributed by atoms with Crippen molar-refractivity contribution in [2.75, 3.05) is 0 Å². The van der Waals surface area contributed by atoms with Crippen LogP contribution in [-0.4, -0.2) is 28.6 Å². The van der Waals surface area contributed by atoms with E-state index in [0.717, 1.165) is 0 Å². The second kappa shape index (κ2) is 6.93. The molecule has 5 heteroatoms. The summed E-state index contributed by atoms with van der Waals surface area (Å²) in [5.74, 6) is -0.908. The third kappa shape index (κ3) is 4.26. The molecule has 2 atom stereocenters. The first kappa shape index (κ1) is 16.0. The number of hydrogen-bond donors (Lipinski definition) is 2. The third-order valence-electron chi connectivity index (χ3n) is 3.05. The minimum Gasteiger partial charge on any atom is -0.481 e. The summed E-state index contributed by atoms with van der Waals surface area (Å²) in [6.07, 6.45) is 0.274. The fraction of sp³-hybridized carbons (Fsp3) is 0.467. The van der Waals surface area contributed by atoms with Crippen LogP contribution in [0.15, 0.2) is 30.3 Å². The molecule has 0 saturated carbocycles. The minimum atomic E-state index is -1.26. The quantitative estimate of drug-likeness (QED) is 0.802. The smallest absolute Gasteiger partial charge is 0.329 e. The number of amides is 1. The van der Waals surface area contributed by atoms with Crippen molar-refractivity contribution >= 4 is 11.9 Å². The number of carboxylic acids is 1. The Morgan fingerprint density at radius 2 is 1.95 bits per heavy atom. The number of carbonyl (C=O) groups is 2. The van der Waals surface area contributed by atoms with Crippen molar-refractivity contribution in [2.24, 2.45) is 0 Å². The highest BCUT2D eigenvalue weighted by atomic mass is 16.5. The maximum absolute atomic E-state index is 12.0. The lowest BCUT2D eigenvalue weighted by atomic mass is 9.96. The molecule has 0 saturated heterocycles. The van der Waals surface area contributed by atoms with Crippen molar-refractivity contribution in [1.29, 1.82) is 0 Å². The molecule has 0 radical (unpaired) electrons. The monoisotopic (exact) mass is 279 g/mol. The first-order valence-electron chi connectivity index (χ1n) is 6.66. The Balaban J connectivity index is 2.67. The van der Waals surface area contributed by atoms with Crippen molar-refractivity contribution < 1.29 is 19.4 Å². The van der Waals surface area contributed by atoms with E-state index in [1.807, 2.05) is 13.0 Å². The Kier molecular flexibility index (Phi) is 5.55. The lowest BCUT2D eigenvalue weighted by molar-refractivity contribution is -0.148. The average Bonchev–Trinajstić information content (AvgIpc) is 2.39. The van der Waals surface area contributed by atoms with Gasteiger partial charge >= 0.3 is 5.97 Å². The Bertz CT molecular complexity index is 460. The van der Waals surface area contributed by atoms with Crippen molar-refractivity contribution in [3.8, 4) is 5.75 Å². The fourth-order valence-electron chi connectivity index (χ4n) is 1.85. The number of hydrogen-bond acceptors (Lipinski definition) is 3. The zero-order valence-corrected chi connectivity index (χ0v) is 12.1. The van der Waals surface area contributed by atoms with E-state index in [2.05, 4.69) is 5.32 Å². The summed E-state index contributed by atoms with van der Waals surface area (Å²) in [7, 11) is 0. The molecule has 0 spiro atoms. The molecule has 2 N–H and O–H groups in total. The SMILES string of the molecule is CCCC(C)(NC(=O)C(C)Oc1ccccc1)C(=O)O. The molecule has 0 bridgehead atoms. The normalized spacial score (nSPS) is 14.9. The Hall–Kier alpha value is -2.04. The van der Waals surface area contributed by atoms with Crippen molar-refractivity contribution in [2.45, 2.75) is 45.3 Å². The van der Waals surface area contributed by atoms with Crippen LogP contribution in [0.2, 0.25) is 0 Å². The summed E-state index contributed by atoms with van der Waals surface area (Å²) in [5, 5.41) is 11.8. The van der Waals surface area contributed by atoms with Gasteiger partial charge in [-0.1, -0.05) is 31.5 Å². The average molecular weight is 279 g/mol. The maximum Gasteiger partial charge on any atom is 0.329 e. The second-order valence-corrected chi connectivity index (χ2v) is 4.95. The van der Waals surface area contributed by atoms with Crippen LogP contribution in [0.1, 0.15) is 33.6 Å². The van der Waals surface area contributed by atoms with E-state index in [1.54, 1.807) is 31.2 Å². The Labute approximate surface area is 118 Å². The standard InChI is InChI=1S/C15H21NO4/c1-4-10-15(3,14(18)19)16-13(17)11(2)20-12-8-6-5-7-9-12/h5-9,11H,4,10H2,1-3H3,(H,16,17)(H,18,19). The molecule has 0 aliphatic rings. The van der Waals surface area contributed by atoms with E-state index in [0.29, 0.717) is 18.6 Å². The highest BCUT2D eigenvalue weighted by Gasteiger charge is 2.35. The van der Waals surface area contributed by atoms with Gasteiger partial charge in [0.1, 0.15) is 11.3 Å². The molecule has 2 unspecified atom stereocenters. The molecular formula is C15H21NO4. The number of carboxylic acid groups (broad SMARTS) is 1. The van der Waals surface area contributed by atoms with Gasteiger partial charge in [-0.3, -0.25) is 4.79 Å². The molecular weight excluding hydrogens is 258 g/mol. The van der Waals surface area contributed by atoms with Crippen LogP contribution in [0.4, 0.5) is 0 Å². The van der Waals surface area contributed by atoms with Gasteiger partial charge in [-0.05, 0) is 32.4 Å². The molecule has 1 aromatic rings. The molecule has 5 nitrogen and oxygen atoms in total. The molecule has 0 fully saturated rings. The van der Waals surface area contributed by atoms with E-state index < -0.39 is 23.5 Å². The van der Waals surface area contributed by atoms with Gasteiger partial charge in [0.05, 0.1) is 0 Å². The lowest BCUT2D eigenvalue weighted by Gasteiger charge is -2.27. The van der Waals surface area contributed by atoms with Gasteiger partial charge in [-0.2, -0.15) is 0 Å². The molecule has 0 aromatic heterocycles. The summed E-state index contributed by atoms with van der Waals surface area (Å²) in [6.45, 7) is 4.97. The first-order chi connectivity index (χ1) is 9.39. The van der Waals surface area contributed by atoms with Gasteiger partial charge in [0.2, 0.25) is 0 Å². The topological polar surface area (TPSA) is 75.6 Å². The van der Waals surface area contributed by atoms with Gasteiger partial charge in [0.15, 0.2) is 6.10 Å². The predicted octanol–water partition coefficient (Wildman–Crippen LogP) is 2.21. The second-order valence-electron chi connectivity index (χ2n) is 4.95. The molecule has 0 aliphatic heterocycles. The lowest BCUT2D eigenvalue weighted by Crippen LogP contribution is -2.55. The van der Waals surface area contributed by atoms with Crippen molar-refractivity contribution in [1.82, 2.24) is 5.32 Å². The number of para-hydroxylation sites is 1. The summed E-state index contributed by atoms with van der Waals surface area (Å²) >= 11 is 0. The van der Waals surface area contributed by atoms with Crippen LogP contribution in [0.3, 0.4) is 0 Å². The number of aliphatic carboxylic acids is 1. The van der Waals surface area contributed by atoms with E-state index in [4.69, 9.17) is 4.74 Å². The summed E-state index contributed by atoms with van der Waals surface area (Å²) in [6, 6.07) is 8.94. The van der Waals surface area contributed by atoms with Gasteiger partial charge in [-0.25, -0.2) is 4.79 Å². The van der Waals surface area contributed by atoms with Gasteiger partial charge < -0.3 is 15.2 Å². The first-order valence-corrected chi connectivity index (χ1v) is 6.66. The molecule has 1 aromatic carbocycles. The molecule has 110 valence electrons. The van der Waals surface area contributed by atoms with Crippen LogP contribution in [0.5, 0.6) is 5.75 Å². The van der Waals surface area contributed by atoms with Crippen LogP contribution in [-0.2, 0) is 9.59 Å². The van der Waals surface area contributed by atoms with Gasteiger partial charge in [-0.15, -0.1) is 0 Å². The maximum atomic E-state index is 12.0. The number of carbonyl (C=O) groups excluding carboxylic acids is 1. The van der Waals surface area contributed by atoms with E-state index >= 15 is 0 Å². The number of benzene rings is 1. The van der Waals surface area contributed by atoms with Gasteiger partial charge in [0.25, 0.3) is 5.91 Å². The van der Waals surface area contributed by atoms with E-state index in [9.17, 15) is 14.7 Å². The van der Waals surface area contributed by atoms with Crippen molar-refractivity contribution in [3.05, 3.63) is 30.3 Å². The highest BCUT2D eigenvalue weighted by Crippen LogP contribution is 2.15. The highest BCUT2D eigenvalue weighted by molar-refractivity contribution is 5.88. The number of ether oxygens (including phenoxy) is 1. The predicted molar refractivity (Wildman–Crippen MR) is 75.6 cm³/mol. The molecule has 0 aliphatic carbocycles. The fourth-order valence-corrected chi connectivity index (χ4v) is 1.85. The summed E-state index contributed by atoms with van der Waals surface area (Å²) in [5.41, 5.74) is -1.26. The number of nitrogens with one attached hydrogen (secondary N) is 1. The van der Waals surface area contributed by atoms with Crippen molar-refractivity contribution in [3.63, 3.8) is 0 Å². The zero-order valence-electron chi connectivity index (χ0n) is 12.1.